The van der Waals surface area contributed by atoms with Crippen LogP contribution in [0.5, 0.6) is 0 Å². The summed E-state index contributed by atoms with van der Waals surface area (Å²) in [5.74, 6) is -0.133. The summed E-state index contributed by atoms with van der Waals surface area (Å²) in [4.78, 5) is 23.8. The number of aliphatic imine (C=N–C) groups is 1. The zero-order chi connectivity index (χ0) is 15.2. The molecule has 1 aromatic heterocycles. The molecule has 0 saturated heterocycles. The van der Waals surface area contributed by atoms with Crippen LogP contribution in [0.15, 0.2) is 41.7 Å². The van der Waals surface area contributed by atoms with Gasteiger partial charge in [-0.05, 0) is 19.1 Å². The Labute approximate surface area is 121 Å². The standard InChI is InChI=1S/C14H15N5O2/c1-2-21-13(20)10-5-3-4-9(6-10)11-7-18-12(8-17-11)19-14(15)16/h3-8H,2H2,1H3,(H4,15,16,18,19). The van der Waals surface area contributed by atoms with Gasteiger partial charge in [-0.15, -0.1) is 0 Å². The van der Waals surface area contributed by atoms with Crippen LogP contribution in [0.2, 0.25) is 0 Å². The third-order valence-electron chi connectivity index (χ3n) is 2.55. The summed E-state index contributed by atoms with van der Waals surface area (Å²) in [5.41, 5.74) is 12.4. The second kappa shape index (κ2) is 6.47. The van der Waals surface area contributed by atoms with Crippen molar-refractivity contribution in [2.24, 2.45) is 16.5 Å². The zero-order valence-corrected chi connectivity index (χ0v) is 11.5. The molecule has 0 amide bonds. The number of aromatic nitrogens is 2. The fourth-order valence-electron chi connectivity index (χ4n) is 1.68. The van der Waals surface area contributed by atoms with Crippen LogP contribution in [0.4, 0.5) is 5.82 Å². The highest BCUT2D eigenvalue weighted by molar-refractivity contribution is 5.90. The number of rotatable bonds is 4. The van der Waals surface area contributed by atoms with Gasteiger partial charge in [0, 0.05) is 5.56 Å². The minimum absolute atomic E-state index is 0.0821. The minimum Gasteiger partial charge on any atom is -0.462 e. The zero-order valence-electron chi connectivity index (χ0n) is 11.5. The Morgan fingerprint density at radius 2 is 2.10 bits per heavy atom. The van der Waals surface area contributed by atoms with Gasteiger partial charge in [-0.1, -0.05) is 12.1 Å². The summed E-state index contributed by atoms with van der Waals surface area (Å²) < 4.78 is 4.96. The van der Waals surface area contributed by atoms with Crippen molar-refractivity contribution in [2.75, 3.05) is 6.61 Å². The van der Waals surface area contributed by atoms with Crippen LogP contribution >= 0.6 is 0 Å². The Morgan fingerprint density at radius 1 is 1.29 bits per heavy atom. The van der Waals surface area contributed by atoms with E-state index in [9.17, 15) is 4.79 Å². The normalized spacial score (nSPS) is 9.95. The molecule has 1 aromatic carbocycles. The van der Waals surface area contributed by atoms with Crippen molar-refractivity contribution in [1.82, 2.24) is 9.97 Å². The minimum atomic E-state index is -0.371. The Balaban J connectivity index is 2.28. The van der Waals surface area contributed by atoms with Crippen molar-refractivity contribution in [3.8, 4) is 11.3 Å². The smallest absolute Gasteiger partial charge is 0.338 e. The molecule has 0 aliphatic carbocycles. The van der Waals surface area contributed by atoms with E-state index in [4.69, 9.17) is 16.2 Å². The average Bonchev–Trinajstić information content (AvgIpc) is 2.48. The van der Waals surface area contributed by atoms with Gasteiger partial charge in [0.1, 0.15) is 0 Å². The number of nitrogens with zero attached hydrogens (tertiary/aromatic N) is 3. The highest BCUT2D eigenvalue weighted by Gasteiger charge is 2.08. The largest absolute Gasteiger partial charge is 0.462 e. The molecular weight excluding hydrogens is 270 g/mol. The topological polar surface area (TPSA) is 116 Å². The third-order valence-corrected chi connectivity index (χ3v) is 2.55. The van der Waals surface area contributed by atoms with E-state index in [1.165, 1.54) is 12.4 Å². The molecular formula is C14H15N5O2. The number of benzene rings is 1. The van der Waals surface area contributed by atoms with Gasteiger partial charge in [0.05, 0.1) is 30.3 Å². The molecule has 0 aliphatic heterocycles. The highest BCUT2D eigenvalue weighted by atomic mass is 16.5. The first-order chi connectivity index (χ1) is 10.1. The van der Waals surface area contributed by atoms with Gasteiger partial charge in [-0.3, -0.25) is 4.98 Å². The monoisotopic (exact) mass is 285 g/mol. The fraction of sp³-hybridized carbons (Fsp3) is 0.143. The van der Waals surface area contributed by atoms with Crippen molar-refractivity contribution in [3.63, 3.8) is 0 Å². The molecule has 4 N–H and O–H groups in total. The number of carbonyl (C=O) groups is 1. The number of ether oxygens (including phenoxy) is 1. The SMILES string of the molecule is CCOC(=O)c1cccc(-c2cnc(N=C(N)N)cn2)c1. The molecule has 0 saturated carbocycles. The summed E-state index contributed by atoms with van der Waals surface area (Å²) in [6.07, 6.45) is 2.98. The van der Waals surface area contributed by atoms with E-state index in [-0.39, 0.29) is 11.9 Å². The van der Waals surface area contributed by atoms with Crippen molar-refractivity contribution < 1.29 is 9.53 Å². The van der Waals surface area contributed by atoms with Crippen molar-refractivity contribution in [2.45, 2.75) is 6.92 Å². The van der Waals surface area contributed by atoms with Gasteiger partial charge in [-0.25, -0.2) is 9.78 Å². The second-order valence-corrected chi connectivity index (χ2v) is 4.10. The molecule has 0 unspecified atom stereocenters. The lowest BCUT2D eigenvalue weighted by molar-refractivity contribution is 0.0526. The first-order valence-electron chi connectivity index (χ1n) is 6.29. The van der Waals surface area contributed by atoms with E-state index < -0.39 is 0 Å². The van der Waals surface area contributed by atoms with Crippen LogP contribution in [-0.2, 0) is 4.74 Å². The Bertz CT molecular complexity index is 663. The number of guanidine groups is 1. The second-order valence-electron chi connectivity index (χ2n) is 4.10. The molecule has 1 heterocycles. The van der Waals surface area contributed by atoms with Crippen LogP contribution in [0.1, 0.15) is 17.3 Å². The van der Waals surface area contributed by atoms with E-state index in [0.29, 0.717) is 23.7 Å². The molecule has 0 radical (unpaired) electrons. The predicted octanol–water partition coefficient (Wildman–Crippen LogP) is 1.23. The van der Waals surface area contributed by atoms with Crippen LogP contribution in [-0.4, -0.2) is 28.5 Å². The van der Waals surface area contributed by atoms with Crippen LogP contribution in [0, 0.1) is 0 Å². The van der Waals surface area contributed by atoms with Gasteiger partial charge in [0.15, 0.2) is 11.8 Å². The summed E-state index contributed by atoms with van der Waals surface area (Å²) in [7, 11) is 0. The van der Waals surface area contributed by atoms with Crippen LogP contribution < -0.4 is 11.5 Å². The van der Waals surface area contributed by atoms with E-state index in [1.54, 1.807) is 25.1 Å². The number of carbonyl (C=O) groups excluding carboxylic acids is 1. The maximum absolute atomic E-state index is 11.7. The Kier molecular flexibility index (Phi) is 4.45. The maximum Gasteiger partial charge on any atom is 0.338 e. The molecule has 7 nitrogen and oxygen atoms in total. The van der Waals surface area contributed by atoms with Crippen LogP contribution in [0.25, 0.3) is 11.3 Å². The highest BCUT2D eigenvalue weighted by Crippen LogP contribution is 2.19. The van der Waals surface area contributed by atoms with E-state index in [2.05, 4.69) is 15.0 Å². The van der Waals surface area contributed by atoms with E-state index in [0.717, 1.165) is 5.56 Å². The van der Waals surface area contributed by atoms with E-state index in [1.807, 2.05) is 6.07 Å². The maximum atomic E-state index is 11.7. The fourth-order valence-corrected chi connectivity index (χ4v) is 1.68. The van der Waals surface area contributed by atoms with Gasteiger partial charge in [0.25, 0.3) is 0 Å². The molecule has 0 atom stereocenters. The predicted molar refractivity (Wildman–Crippen MR) is 78.9 cm³/mol. The first-order valence-corrected chi connectivity index (χ1v) is 6.29. The molecule has 7 heteroatoms. The van der Waals surface area contributed by atoms with Gasteiger partial charge >= 0.3 is 5.97 Å². The lowest BCUT2D eigenvalue weighted by Gasteiger charge is -2.04. The summed E-state index contributed by atoms with van der Waals surface area (Å²) >= 11 is 0. The van der Waals surface area contributed by atoms with Crippen LogP contribution in [0.3, 0.4) is 0 Å². The van der Waals surface area contributed by atoms with Crippen molar-refractivity contribution in [1.29, 1.82) is 0 Å². The van der Waals surface area contributed by atoms with Gasteiger partial charge in [0.2, 0.25) is 0 Å². The van der Waals surface area contributed by atoms with Gasteiger partial charge < -0.3 is 16.2 Å². The van der Waals surface area contributed by atoms with Gasteiger partial charge in [-0.2, -0.15) is 4.99 Å². The molecule has 0 fully saturated rings. The summed E-state index contributed by atoms with van der Waals surface area (Å²) in [5, 5.41) is 0. The molecule has 0 aliphatic rings. The Hall–Kier alpha value is -2.96. The first kappa shape index (κ1) is 14.4. The Morgan fingerprint density at radius 3 is 2.71 bits per heavy atom. The molecule has 21 heavy (non-hydrogen) atoms. The number of esters is 1. The molecule has 2 aromatic rings. The average molecular weight is 285 g/mol. The lowest BCUT2D eigenvalue weighted by Crippen LogP contribution is -2.22. The number of nitrogens with two attached hydrogens (primary N) is 2. The summed E-state index contributed by atoms with van der Waals surface area (Å²) in [6, 6.07) is 6.96. The van der Waals surface area contributed by atoms with Crippen molar-refractivity contribution >= 4 is 17.7 Å². The molecule has 2 rings (SSSR count). The summed E-state index contributed by atoms with van der Waals surface area (Å²) in [6.45, 7) is 2.09. The quantitative estimate of drug-likeness (QED) is 0.495. The number of hydrogen-bond donors (Lipinski definition) is 2. The lowest BCUT2D eigenvalue weighted by atomic mass is 10.1. The molecule has 0 spiro atoms. The third kappa shape index (κ3) is 3.75. The number of hydrogen-bond acceptors (Lipinski definition) is 5. The molecule has 0 bridgehead atoms. The van der Waals surface area contributed by atoms with E-state index >= 15 is 0 Å². The molecule has 108 valence electrons. The van der Waals surface area contributed by atoms with Crippen molar-refractivity contribution in [3.05, 3.63) is 42.2 Å².